The minimum atomic E-state index is 0. The van der Waals surface area contributed by atoms with Crippen LogP contribution in [0.5, 0.6) is 0 Å². The van der Waals surface area contributed by atoms with Crippen molar-refractivity contribution in [3.63, 3.8) is 0 Å². The van der Waals surface area contributed by atoms with Gasteiger partial charge in [-0.1, -0.05) is 11.6 Å². The van der Waals surface area contributed by atoms with E-state index in [4.69, 9.17) is 17.3 Å². The third-order valence-corrected chi connectivity index (χ3v) is 3.34. The molecule has 0 aliphatic rings. The summed E-state index contributed by atoms with van der Waals surface area (Å²) in [6.07, 6.45) is 1.69. The van der Waals surface area contributed by atoms with E-state index < -0.39 is 0 Å². The zero-order chi connectivity index (χ0) is 15.4. The van der Waals surface area contributed by atoms with Crippen LogP contribution >= 0.6 is 11.6 Å². The molecule has 0 saturated carbocycles. The molecule has 124 valence electrons. The zero-order valence-electron chi connectivity index (χ0n) is 12.1. The second kappa shape index (κ2) is 7.92. The van der Waals surface area contributed by atoms with Gasteiger partial charge >= 0.3 is 0 Å². The predicted molar refractivity (Wildman–Crippen MR) is 87.9 cm³/mol. The van der Waals surface area contributed by atoms with Crippen molar-refractivity contribution < 1.29 is 17.1 Å². The van der Waals surface area contributed by atoms with Gasteiger partial charge in [-0.25, -0.2) is 17.1 Å². The number of imidazole rings is 1. The van der Waals surface area contributed by atoms with Crippen molar-refractivity contribution in [2.45, 2.75) is 6.54 Å². The Morgan fingerprint density at radius 1 is 1.09 bits per heavy atom. The summed E-state index contributed by atoms with van der Waals surface area (Å²) in [4.78, 5) is 12.2. The molecule has 0 amide bonds. The van der Waals surface area contributed by atoms with E-state index in [1.54, 1.807) is 6.33 Å². The molecule has 0 saturated heterocycles. The third-order valence-electron chi connectivity index (χ3n) is 3.08. The second-order valence-corrected chi connectivity index (χ2v) is 5.03. The molecule has 2 aromatic carbocycles. The molecule has 2 heterocycles. The number of nitrogens with two attached hydrogens (primary N) is 1. The first kappa shape index (κ1) is 17.2. The molecule has 0 radical (unpaired) electrons. The van der Waals surface area contributed by atoms with Crippen molar-refractivity contribution in [1.82, 2.24) is 19.5 Å². The van der Waals surface area contributed by atoms with Crippen LogP contribution in [-0.2, 0) is 23.6 Å². The Bertz CT molecular complexity index is 820. The van der Waals surface area contributed by atoms with Gasteiger partial charge in [0.1, 0.15) is 5.52 Å². The number of rotatable bonds is 2. The third kappa shape index (κ3) is 4.19. The first-order valence-electron chi connectivity index (χ1n) is 6.75. The van der Waals surface area contributed by atoms with Crippen LogP contribution in [0.2, 0.25) is 5.15 Å². The molecule has 0 aliphatic carbocycles. The monoisotopic (exact) mass is 367 g/mol. The molecule has 5 nitrogen and oxygen atoms in total. The van der Waals surface area contributed by atoms with Gasteiger partial charge in [0.2, 0.25) is 5.95 Å². The topological polar surface area (TPSA) is 69.6 Å². The summed E-state index contributed by atoms with van der Waals surface area (Å²) >= 11 is 5.95. The maximum Gasteiger partial charge on any atom is 0.223 e. The van der Waals surface area contributed by atoms with E-state index >= 15 is 0 Å². The molecule has 0 fully saturated rings. The average molecular weight is 368 g/mol. The smallest absolute Gasteiger partial charge is 0.223 e. The fourth-order valence-electron chi connectivity index (χ4n) is 2.08. The number of nitrogen functional groups attached to an aromatic ring is 1. The summed E-state index contributed by atoms with van der Waals surface area (Å²) in [5, 5.41) is 0.286. The molecule has 0 aliphatic heterocycles. The van der Waals surface area contributed by atoms with Crippen molar-refractivity contribution in [2.75, 3.05) is 5.73 Å². The summed E-state index contributed by atoms with van der Waals surface area (Å²) in [6.45, 7) is 0.691. The van der Waals surface area contributed by atoms with Gasteiger partial charge in [-0.05, 0) is 0 Å². The second-order valence-electron chi connectivity index (χ2n) is 4.67. The Hall–Kier alpha value is -2.14. The maximum atomic E-state index is 5.95. The van der Waals surface area contributed by atoms with E-state index in [9.17, 15) is 0 Å². The number of hydrogen-bond donors (Lipinski definition) is 1. The SMILES string of the molecule is Nc1nc(Cl)c2ncn(C[c-]3cccc3)c2n1.[Fe].[cH-]1[cH-][cH-][cH-][cH-]1. The molecule has 2 N–H and O–H groups in total. The van der Waals surface area contributed by atoms with E-state index in [2.05, 4.69) is 15.0 Å². The van der Waals surface area contributed by atoms with Crippen molar-refractivity contribution >= 4 is 28.7 Å². The molecule has 0 bridgehead atoms. The Balaban J connectivity index is 0.000000276. The quantitative estimate of drug-likeness (QED) is 0.335. The van der Waals surface area contributed by atoms with Crippen LogP contribution in [0.25, 0.3) is 11.2 Å². The standard InChI is InChI=1S/C11H9ClN5.C5H5.Fe/c12-9-8-10(16-11(13)15-9)17(6-14-8)5-7-3-1-2-4-7;1-2-4-5-3-1;/h1-4,6H,5H2,(H2,13,15,16);1-5H;/q-1;-5;. The number of hydrogen-bond acceptors (Lipinski definition) is 4. The molecular formula is C16H14ClFeN5-6. The number of nitrogens with zero attached hydrogens (tertiary/aromatic N) is 4. The first-order chi connectivity index (χ1) is 10.7. The zero-order valence-corrected chi connectivity index (χ0v) is 13.9. The minimum Gasteiger partial charge on any atom is -0.748 e. The van der Waals surface area contributed by atoms with Crippen LogP contribution in [0.1, 0.15) is 5.56 Å². The predicted octanol–water partition coefficient (Wildman–Crippen LogP) is 3.23. The summed E-state index contributed by atoms with van der Waals surface area (Å²) in [7, 11) is 0. The normalized spacial score (nSPS) is 9.96. The molecule has 0 spiro atoms. The van der Waals surface area contributed by atoms with Gasteiger partial charge in [0.15, 0.2) is 10.8 Å². The van der Waals surface area contributed by atoms with Crippen LogP contribution < -0.4 is 5.73 Å². The van der Waals surface area contributed by atoms with Crippen LogP contribution in [0.15, 0.2) is 60.9 Å². The Morgan fingerprint density at radius 3 is 2.30 bits per heavy atom. The van der Waals surface area contributed by atoms with Crippen LogP contribution in [-0.4, -0.2) is 19.5 Å². The van der Waals surface area contributed by atoms with Crippen molar-refractivity contribution in [3.05, 3.63) is 71.6 Å². The van der Waals surface area contributed by atoms with Gasteiger partial charge < -0.3 is 40.6 Å². The van der Waals surface area contributed by atoms with Gasteiger partial charge in [-0.3, -0.25) is 0 Å². The number of aromatic nitrogens is 4. The van der Waals surface area contributed by atoms with E-state index in [1.807, 2.05) is 59.2 Å². The molecule has 2 aromatic heterocycles. The molecular weight excluding hydrogens is 354 g/mol. The summed E-state index contributed by atoms with van der Waals surface area (Å²) < 4.78 is 1.90. The number of fused-ring (bicyclic) bond motifs is 1. The van der Waals surface area contributed by atoms with Gasteiger partial charge in [-0.2, -0.15) is 22.1 Å². The van der Waals surface area contributed by atoms with Crippen molar-refractivity contribution in [2.24, 2.45) is 0 Å². The molecule has 23 heavy (non-hydrogen) atoms. The summed E-state index contributed by atoms with van der Waals surface area (Å²) in [6, 6.07) is 18.1. The Kier molecular flexibility index (Phi) is 5.93. The fourth-order valence-corrected chi connectivity index (χ4v) is 2.30. The fraction of sp³-hybridized carbons (Fsp3) is 0.0625. The van der Waals surface area contributed by atoms with E-state index in [-0.39, 0.29) is 28.2 Å². The van der Waals surface area contributed by atoms with E-state index in [0.29, 0.717) is 17.7 Å². The largest absolute Gasteiger partial charge is 0.748 e. The van der Waals surface area contributed by atoms with Crippen LogP contribution in [0, 0.1) is 0 Å². The molecule has 4 rings (SSSR count). The molecule has 0 atom stereocenters. The molecule has 7 heteroatoms. The molecule has 4 aromatic rings. The van der Waals surface area contributed by atoms with E-state index in [1.165, 1.54) is 5.56 Å². The van der Waals surface area contributed by atoms with Crippen molar-refractivity contribution in [1.29, 1.82) is 0 Å². The van der Waals surface area contributed by atoms with Crippen molar-refractivity contribution in [3.8, 4) is 0 Å². The van der Waals surface area contributed by atoms with Gasteiger partial charge in [0, 0.05) is 23.6 Å². The Morgan fingerprint density at radius 2 is 1.70 bits per heavy atom. The van der Waals surface area contributed by atoms with Gasteiger partial charge in [0.05, 0.1) is 6.33 Å². The summed E-state index contributed by atoms with van der Waals surface area (Å²) in [5.74, 6) is 0.159. The first-order valence-corrected chi connectivity index (χ1v) is 7.13. The van der Waals surface area contributed by atoms with Crippen LogP contribution in [0.4, 0.5) is 5.95 Å². The van der Waals surface area contributed by atoms with Gasteiger partial charge in [0.25, 0.3) is 0 Å². The number of halogens is 1. The average Bonchev–Trinajstić information content (AvgIpc) is 3.22. The molecule has 0 unspecified atom stereocenters. The Labute approximate surface area is 149 Å². The van der Waals surface area contributed by atoms with Crippen LogP contribution in [0.3, 0.4) is 0 Å². The minimum absolute atomic E-state index is 0. The van der Waals surface area contributed by atoms with Gasteiger partial charge in [-0.15, -0.1) is 5.56 Å². The summed E-state index contributed by atoms with van der Waals surface area (Å²) in [5.41, 5.74) is 7.99. The maximum absolute atomic E-state index is 5.95. The number of anilines is 1. The van der Waals surface area contributed by atoms with E-state index in [0.717, 1.165) is 0 Å².